The number of hydrogen-bond acceptors (Lipinski definition) is 4. The van der Waals surface area contributed by atoms with Crippen LogP contribution >= 0.6 is 0 Å². The molecule has 0 spiro atoms. The number of carboxylic acids is 1. The molecule has 1 aromatic carbocycles. The number of nitrogens with zero attached hydrogens (tertiary/aromatic N) is 2. The average molecular weight is 272 g/mol. The lowest BCUT2D eigenvalue weighted by atomic mass is 10.00. The number of rotatable bonds is 2. The third kappa shape index (κ3) is 2.16. The lowest BCUT2D eigenvalue weighted by molar-refractivity contribution is 0.0670. The smallest absolute Gasteiger partial charge is 0.358 e. The average Bonchev–Trinajstić information content (AvgIpc) is 2.96. The molecule has 0 atom stereocenters. The molecule has 0 bridgehead atoms. The van der Waals surface area contributed by atoms with Crippen molar-refractivity contribution >= 4 is 11.9 Å². The third-order valence-electron chi connectivity index (χ3n) is 3.36. The molecule has 0 radical (unpaired) electrons. The van der Waals surface area contributed by atoms with Gasteiger partial charge in [0.1, 0.15) is 0 Å². The van der Waals surface area contributed by atoms with E-state index in [4.69, 9.17) is 9.63 Å². The molecule has 1 aliphatic heterocycles. The van der Waals surface area contributed by atoms with E-state index >= 15 is 0 Å². The van der Waals surface area contributed by atoms with Gasteiger partial charge in [-0.05, 0) is 17.5 Å². The van der Waals surface area contributed by atoms with E-state index in [9.17, 15) is 9.59 Å². The summed E-state index contributed by atoms with van der Waals surface area (Å²) in [6.07, 6.45) is 0.780. The standard InChI is InChI=1S/C14H12N2O4/c17-13(12-7-11(14(18)19)15-20-12)16-6-5-9-3-1-2-4-10(9)8-16/h1-4,7H,5-6,8H2,(H,18,19). The lowest BCUT2D eigenvalue weighted by Crippen LogP contribution is -2.35. The topological polar surface area (TPSA) is 83.6 Å². The molecule has 6 heteroatoms. The van der Waals surface area contributed by atoms with Gasteiger partial charge in [0.15, 0.2) is 5.69 Å². The van der Waals surface area contributed by atoms with Gasteiger partial charge in [-0.25, -0.2) is 4.79 Å². The quantitative estimate of drug-likeness (QED) is 0.897. The molecule has 1 aliphatic rings. The van der Waals surface area contributed by atoms with E-state index < -0.39 is 5.97 Å². The molecule has 0 saturated carbocycles. The molecule has 2 heterocycles. The van der Waals surface area contributed by atoms with Crippen LogP contribution in [0.2, 0.25) is 0 Å². The summed E-state index contributed by atoms with van der Waals surface area (Å²) in [5, 5.41) is 12.1. The van der Waals surface area contributed by atoms with Crippen molar-refractivity contribution in [2.75, 3.05) is 6.54 Å². The number of hydrogen-bond donors (Lipinski definition) is 1. The molecule has 6 nitrogen and oxygen atoms in total. The minimum Gasteiger partial charge on any atom is -0.476 e. The molecular weight excluding hydrogens is 260 g/mol. The van der Waals surface area contributed by atoms with Gasteiger partial charge in [0.05, 0.1) is 0 Å². The zero-order valence-electron chi connectivity index (χ0n) is 10.6. The van der Waals surface area contributed by atoms with Gasteiger partial charge in [-0.3, -0.25) is 4.79 Å². The van der Waals surface area contributed by atoms with Crippen molar-refractivity contribution in [3.63, 3.8) is 0 Å². The second-order valence-corrected chi connectivity index (χ2v) is 4.63. The van der Waals surface area contributed by atoms with Crippen LogP contribution in [0.3, 0.4) is 0 Å². The van der Waals surface area contributed by atoms with E-state index in [1.807, 2.05) is 24.3 Å². The molecule has 0 unspecified atom stereocenters. The Hall–Kier alpha value is -2.63. The molecule has 0 saturated heterocycles. The van der Waals surface area contributed by atoms with E-state index in [0.717, 1.165) is 18.1 Å². The van der Waals surface area contributed by atoms with Gasteiger partial charge in [-0.1, -0.05) is 29.4 Å². The zero-order valence-corrected chi connectivity index (χ0v) is 10.6. The number of aromatic nitrogens is 1. The molecule has 0 aliphatic carbocycles. The third-order valence-corrected chi connectivity index (χ3v) is 3.36. The Morgan fingerprint density at radius 1 is 1.25 bits per heavy atom. The summed E-state index contributed by atoms with van der Waals surface area (Å²) in [7, 11) is 0. The first-order valence-electron chi connectivity index (χ1n) is 6.21. The van der Waals surface area contributed by atoms with Crippen molar-refractivity contribution < 1.29 is 19.2 Å². The largest absolute Gasteiger partial charge is 0.476 e. The summed E-state index contributed by atoms with van der Waals surface area (Å²) in [5.74, 6) is -1.59. The normalized spacial score (nSPS) is 13.9. The maximum absolute atomic E-state index is 12.2. The van der Waals surface area contributed by atoms with Gasteiger partial charge in [-0.15, -0.1) is 0 Å². The van der Waals surface area contributed by atoms with Crippen LogP contribution < -0.4 is 0 Å². The minimum absolute atomic E-state index is 0.0400. The fourth-order valence-corrected chi connectivity index (χ4v) is 2.30. The fourth-order valence-electron chi connectivity index (χ4n) is 2.30. The molecule has 102 valence electrons. The first-order valence-corrected chi connectivity index (χ1v) is 6.21. The van der Waals surface area contributed by atoms with Crippen molar-refractivity contribution in [1.29, 1.82) is 0 Å². The first kappa shape index (κ1) is 12.4. The highest BCUT2D eigenvalue weighted by Crippen LogP contribution is 2.20. The van der Waals surface area contributed by atoms with Crippen LogP contribution in [-0.2, 0) is 13.0 Å². The summed E-state index contributed by atoms with van der Waals surface area (Å²) >= 11 is 0. The Balaban J connectivity index is 1.80. The van der Waals surface area contributed by atoms with Gasteiger partial charge in [0.25, 0.3) is 5.91 Å². The lowest BCUT2D eigenvalue weighted by Gasteiger charge is -2.27. The molecular formula is C14H12N2O4. The van der Waals surface area contributed by atoms with Crippen LogP contribution in [0.1, 0.15) is 32.2 Å². The Kier molecular flexibility index (Phi) is 2.98. The van der Waals surface area contributed by atoms with Crippen LogP contribution in [0.5, 0.6) is 0 Å². The highest BCUT2D eigenvalue weighted by Gasteiger charge is 2.25. The van der Waals surface area contributed by atoms with Crippen LogP contribution in [0.15, 0.2) is 34.9 Å². The van der Waals surface area contributed by atoms with Crippen molar-refractivity contribution in [2.45, 2.75) is 13.0 Å². The van der Waals surface area contributed by atoms with E-state index in [2.05, 4.69) is 5.16 Å². The summed E-state index contributed by atoms with van der Waals surface area (Å²) in [5.41, 5.74) is 2.08. The van der Waals surface area contributed by atoms with Gasteiger partial charge >= 0.3 is 5.97 Å². The molecule has 2 aromatic rings. The first-order chi connectivity index (χ1) is 9.65. The zero-order chi connectivity index (χ0) is 14.1. The Labute approximate surface area is 114 Å². The van der Waals surface area contributed by atoms with Gasteiger partial charge in [0, 0.05) is 19.2 Å². The number of carbonyl (C=O) groups excluding carboxylic acids is 1. The highest BCUT2D eigenvalue weighted by molar-refractivity contribution is 5.94. The van der Waals surface area contributed by atoms with Crippen LogP contribution in [-0.4, -0.2) is 33.6 Å². The fraction of sp³-hybridized carbons (Fsp3) is 0.214. The van der Waals surface area contributed by atoms with Crippen LogP contribution in [0, 0.1) is 0 Å². The maximum Gasteiger partial charge on any atom is 0.358 e. The molecule has 1 amide bonds. The monoisotopic (exact) mass is 272 g/mol. The summed E-state index contributed by atoms with van der Waals surface area (Å²) in [6, 6.07) is 9.10. The Morgan fingerprint density at radius 2 is 2.00 bits per heavy atom. The number of fused-ring (bicyclic) bond motifs is 1. The number of amides is 1. The Morgan fingerprint density at radius 3 is 2.70 bits per heavy atom. The van der Waals surface area contributed by atoms with Crippen molar-refractivity contribution in [3.05, 3.63) is 52.9 Å². The molecule has 20 heavy (non-hydrogen) atoms. The van der Waals surface area contributed by atoms with E-state index in [1.165, 1.54) is 5.56 Å². The second-order valence-electron chi connectivity index (χ2n) is 4.63. The Bertz CT molecular complexity index is 677. The van der Waals surface area contributed by atoms with Crippen LogP contribution in [0.25, 0.3) is 0 Å². The maximum atomic E-state index is 12.2. The van der Waals surface area contributed by atoms with Crippen LogP contribution in [0.4, 0.5) is 0 Å². The highest BCUT2D eigenvalue weighted by atomic mass is 16.5. The summed E-state index contributed by atoms with van der Waals surface area (Å²) in [6.45, 7) is 1.08. The molecule has 0 fully saturated rings. The van der Waals surface area contributed by atoms with Crippen molar-refractivity contribution in [3.8, 4) is 0 Å². The van der Waals surface area contributed by atoms with Crippen molar-refractivity contribution in [1.82, 2.24) is 10.1 Å². The number of carbonyl (C=O) groups is 2. The van der Waals surface area contributed by atoms with E-state index in [-0.39, 0.29) is 17.4 Å². The van der Waals surface area contributed by atoms with E-state index in [0.29, 0.717) is 13.1 Å². The predicted octanol–water partition coefficient (Wildman–Crippen LogP) is 1.57. The van der Waals surface area contributed by atoms with E-state index in [1.54, 1.807) is 4.90 Å². The SMILES string of the molecule is O=C(O)c1cc(C(=O)N2CCc3ccccc3C2)on1. The summed E-state index contributed by atoms with van der Waals surface area (Å²) in [4.78, 5) is 24.6. The van der Waals surface area contributed by atoms with Gasteiger partial charge in [-0.2, -0.15) is 0 Å². The molecule has 3 rings (SSSR count). The number of aromatic carboxylic acids is 1. The van der Waals surface area contributed by atoms with Gasteiger partial charge in [0.2, 0.25) is 5.76 Å². The summed E-state index contributed by atoms with van der Waals surface area (Å²) < 4.78 is 4.81. The predicted molar refractivity (Wildman–Crippen MR) is 68.3 cm³/mol. The minimum atomic E-state index is -1.21. The second kappa shape index (κ2) is 4.80. The molecule has 1 aromatic heterocycles. The molecule has 1 N–H and O–H groups in total. The number of carboxylic acid groups (broad SMARTS) is 1. The van der Waals surface area contributed by atoms with Gasteiger partial charge < -0.3 is 14.5 Å². The van der Waals surface area contributed by atoms with Crippen molar-refractivity contribution in [2.24, 2.45) is 0 Å². The number of benzene rings is 1.